The monoisotopic (exact) mass is 351 g/mol. The number of benzene rings is 2. The number of hydrogen-bond acceptors (Lipinski definition) is 3. The van der Waals surface area contributed by atoms with Crippen molar-refractivity contribution < 1.29 is 4.74 Å². The normalized spacial score (nSPS) is 12.2. The number of thioether (sulfide) groups is 1. The topological polar surface area (TPSA) is 21.3 Å². The van der Waals surface area contributed by atoms with Gasteiger partial charge in [0.25, 0.3) is 0 Å². The van der Waals surface area contributed by atoms with Crippen molar-refractivity contribution in [2.45, 2.75) is 10.9 Å². The molecule has 0 amide bonds. The van der Waals surface area contributed by atoms with Crippen molar-refractivity contribution in [2.75, 3.05) is 19.9 Å². The van der Waals surface area contributed by atoms with E-state index in [1.807, 2.05) is 30.9 Å². The van der Waals surface area contributed by atoms with Crippen molar-refractivity contribution in [1.82, 2.24) is 5.32 Å². The number of ether oxygens (including phenoxy) is 1. The molecule has 0 aliphatic rings. The highest BCUT2D eigenvalue weighted by Crippen LogP contribution is 2.27. The van der Waals surface area contributed by atoms with Gasteiger partial charge in [0.2, 0.25) is 0 Å². The van der Waals surface area contributed by atoms with Crippen LogP contribution >= 0.6 is 27.7 Å². The van der Waals surface area contributed by atoms with Gasteiger partial charge in [-0.3, -0.25) is 0 Å². The Labute approximate surface area is 133 Å². The summed E-state index contributed by atoms with van der Waals surface area (Å²) in [6, 6.07) is 16.9. The van der Waals surface area contributed by atoms with Gasteiger partial charge in [-0.2, -0.15) is 0 Å². The molecule has 0 fully saturated rings. The summed E-state index contributed by atoms with van der Waals surface area (Å²) in [5.41, 5.74) is 1.25. The van der Waals surface area contributed by atoms with Gasteiger partial charge in [-0.1, -0.05) is 28.1 Å². The van der Waals surface area contributed by atoms with Gasteiger partial charge < -0.3 is 10.1 Å². The van der Waals surface area contributed by atoms with Crippen LogP contribution in [0.25, 0.3) is 0 Å². The summed E-state index contributed by atoms with van der Waals surface area (Å²) < 4.78 is 6.40. The zero-order valence-corrected chi connectivity index (χ0v) is 14.0. The Kier molecular flexibility index (Phi) is 5.95. The molecule has 0 aromatic heterocycles. The molecule has 0 radical (unpaired) electrons. The van der Waals surface area contributed by atoms with Crippen molar-refractivity contribution in [3.8, 4) is 5.75 Å². The summed E-state index contributed by atoms with van der Waals surface area (Å²) in [6.45, 7) is 0. The van der Waals surface area contributed by atoms with E-state index >= 15 is 0 Å². The maximum absolute atomic E-state index is 5.29. The lowest BCUT2D eigenvalue weighted by Crippen LogP contribution is -2.18. The van der Waals surface area contributed by atoms with Crippen LogP contribution in [0.5, 0.6) is 5.75 Å². The minimum absolute atomic E-state index is 0.304. The molecule has 4 heteroatoms. The first-order chi connectivity index (χ1) is 9.72. The third-order valence-electron chi connectivity index (χ3n) is 3.07. The highest BCUT2D eigenvalue weighted by molar-refractivity contribution is 9.10. The molecular formula is C16H18BrNOS. The second-order valence-corrected chi connectivity index (χ2v) is 6.39. The van der Waals surface area contributed by atoms with Gasteiger partial charge >= 0.3 is 0 Å². The van der Waals surface area contributed by atoms with Crippen molar-refractivity contribution >= 4 is 27.7 Å². The van der Waals surface area contributed by atoms with Gasteiger partial charge in [-0.15, -0.1) is 11.8 Å². The lowest BCUT2D eigenvalue weighted by atomic mass is 10.1. The van der Waals surface area contributed by atoms with Gasteiger partial charge in [0.05, 0.1) is 7.11 Å². The summed E-state index contributed by atoms with van der Waals surface area (Å²) in [4.78, 5) is 1.27. The molecule has 0 saturated heterocycles. The Balaban J connectivity index is 2.03. The van der Waals surface area contributed by atoms with E-state index in [0.717, 1.165) is 16.0 Å². The molecule has 1 atom stereocenters. The van der Waals surface area contributed by atoms with Crippen LogP contribution in [0.2, 0.25) is 0 Å². The first-order valence-electron chi connectivity index (χ1n) is 6.42. The molecule has 2 aromatic carbocycles. The first kappa shape index (κ1) is 15.4. The maximum Gasteiger partial charge on any atom is 0.119 e. The SMILES string of the molecule is CNC(CSc1ccc(Br)cc1)c1cccc(OC)c1. The van der Waals surface area contributed by atoms with E-state index in [1.54, 1.807) is 7.11 Å². The average molecular weight is 352 g/mol. The van der Waals surface area contributed by atoms with Gasteiger partial charge in [-0.25, -0.2) is 0 Å². The van der Waals surface area contributed by atoms with E-state index in [9.17, 15) is 0 Å². The fourth-order valence-electron chi connectivity index (χ4n) is 1.91. The zero-order chi connectivity index (χ0) is 14.4. The van der Waals surface area contributed by atoms with E-state index in [4.69, 9.17) is 4.74 Å². The number of nitrogens with one attached hydrogen (secondary N) is 1. The third-order valence-corrected chi connectivity index (χ3v) is 4.71. The van der Waals surface area contributed by atoms with Gasteiger partial charge in [0.15, 0.2) is 0 Å². The molecule has 2 nitrogen and oxygen atoms in total. The van der Waals surface area contributed by atoms with E-state index in [0.29, 0.717) is 6.04 Å². The van der Waals surface area contributed by atoms with Crippen molar-refractivity contribution in [3.05, 3.63) is 58.6 Å². The molecule has 20 heavy (non-hydrogen) atoms. The largest absolute Gasteiger partial charge is 0.497 e. The van der Waals surface area contributed by atoms with Crippen LogP contribution < -0.4 is 10.1 Å². The predicted molar refractivity (Wildman–Crippen MR) is 89.7 cm³/mol. The molecule has 0 aliphatic carbocycles. The molecule has 0 saturated carbocycles. The van der Waals surface area contributed by atoms with Crippen LogP contribution in [0.4, 0.5) is 0 Å². The van der Waals surface area contributed by atoms with Gasteiger partial charge in [0, 0.05) is 21.2 Å². The van der Waals surface area contributed by atoms with Crippen LogP contribution in [-0.4, -0.2) is 19.9 Å². The fraction of sp³-hybridized carbons (Fsp3) is 0.250. The van der Waals surface area contributed by atoms with Crippen LogP contribution in [0.3, 0.4) is 0 Å². The Morgan fingerprint density at radius 3 is 2.60 bits per heavy atom. The number of halogens is 1. The Morgan fingerprint density at radius 1 is 1.20 bits per heavy atom. The minimum atomic E-state index is 0.304. The van der Waals surface area contributed by atoms with E-state index in [-0.39, 0.29) is 0 Å². The lowest BCUT2D eigenvalue weighted by Gasteiger charge is -2.17. The molecule has 1 N–H and O–H groups in total. The standard InChI is InChI=1S/C16H18BrNOS/c1-18-16(12-4-3-5-14(10-12)19-2)11-20-15-8-6-13(17)7-9-15/h3-10,16,18H,11H2,1-2H3. The molecule has 0 spiro atoms. The molecule has 0 bridgehead atoms. The summed E-state index contributed by atoms with van der Waals surface area (Å²) >= 11 is 5.30. The highest BCUT2D eigenvalue weighted by Gasteiger charge is 2.10. The van der Waals surface area contributed by atoms with E-state index in [2.05, 4.69) is 57.6 Å². The Hall–Kier alpha value is -0.970. The van der Waals surface area contributed by atoms with Crippen LogP contribution in [0.1, 0.15) is 11.6 Å². The number of methoxy groups -OCH3 is 1. The summed E-state index contributed by atoms with van der Waals surface area (Å²) in [6.07, 6.45) is 0. The van der Waals surface area contributed by atoms with Crippen LogP contribution in [0.15, 0.2) is 57.9 Å². The van der Waals surface area contributed by atoms with Crippen molar-refractivity contribution in [3.63, 3.8) is 0 Å². The number of rotatable bonds is 6. The smallest absolute Gasteiger partial charge is 0.119 e. The Morgan fingerprint density at radius 2 is 1.95 bits per heavy atom. The van der Waals surface area contributed by atoms with Gasteiger partial charge in [0.1, 0.15) is 5.75 Å². The molecular weight excluding hydrogens is 334 g/mol. The quantitative estimate of drug-likeness (QED) is 0.773. The lowest BCUT2D eigenvalue weighted by molar-refractivity contribution is 0.413. The Bertz CT molecular complexity index is 544. The second-order valence-electron chi connectivity index (χ2n) is 4.38. The summed E-state index contributed by atoms with van der Waals surface area (Å²) in [7, 11) is 3.69. The van der Waals surface area contributed by atoms with E-state index in [1.165, 1.54) is 10.5 Å². The predicted octanol–water partition coefficient (Wildman–Crippen LogP) is 4.51. The molecule has 1 unspecified atom stereocenters. The minimum Gasteiger partial charge on any atom is -0.497 e. The van der Waals surface area contributed by atoms with Gasteiger partial charge in [-0.05, 0) is 49.0 Å². The van der Waals surface area contributed by atoms with Crippen LogP contribution in [-0.2, 0) is 0 Å². The zero-order valence-electron chi connectivity index (χ0n) is 11.6. The molecule has 0 aliphatic heterocycles. The first-order valence-corrected chi connectivity index (χ1v) is 8.20. The summed E-state index contributed by atoms with van der Waals surface area (Å²) in [5.74, 6) is 1.88. The maximum atomic E-state index is 5.29. The van der Waals surface area contributed by atoms with Crippen molar-refractivity contribution in [2.24, 2.45) is 0 Å². The fourth-order valence-corrected chi connectivity index (χ4v) is 3.23. The van der Waals surface area contributed by atoms with E-state index < -0.39 is 0 Å². The van der Waals surface area contributed by atoms with Crippen molar-refractivity contribution in [1.29, 1.82) is 0 Å². The summed E-state index contributed by atoms with van der Waals surface area (Å²) in [5, 5.41) is 3.37. The average Bonchev–Trinajstić information content (AvgIpc) is 2.50. The third kappa shape index (κ3) is 4.27. The number of hydrogen-bond donors (Lipinski definition) is 1. The van der Waals surface area contributed by atoms with Crippen LogP contribution in [0, 0.1) is 0 Å². The highest BCUT2D eigenvalue weighted by atomic mass is 79.9. The molecule has 2 aromatic rings. The second kappa shape index (κ2) is 7.72. The molecule has 0 heterocycles. The molecule has 2 rings (SSSR count). The molecule has 106 valence electrons.